The van der Waals surface area contributed by atoms with E-state index in [4.69, 9.17) is 13.9 Å². The highest BCUT2D eigenvalue weighted by atomic mass is 16.6. The molecule has 2 aliphatic rings. The van der Waals surface area contributed by atoms with Gasteiger partial charge in [0, 0.05) is 30.2 Å². The molecule has 6 nitrogen and oxygen atoms in total. The number of carbonyl (C=O) groups is 2. The van der Waals surface area contributed by atoms with E-state index in [1.807, 2.05) is 34.6 Å². The number of fused-ring (bicyclic) bond motifs is 2. The molecule has 6 heteroatoms. The van der Waals surface area contributed by atoms with Crippen LogP contribution in [0, 0.1) is 24.2 Å². The number of hydrogen-bond donors (Lipinski definition) is 1. The van der Waals surface area contributed by atoms with Crippen LogP contribution in [0.4, 0.5) is 0 Å². The van der Waals surface area contributed by atoms with Crippen molar-refractivity contribution in [3.05, 3.63) is 23.2 Å². The van der Waals surface area contributed by atoms with Crippen molar-refractivity contribution in [2.75, 3.05) is 0 Å². The van der Waals surface area contributed by atoms with Crippen molar-refractivity contribution < 1.29 is 28.6 Å². The Morgan fingerprint density at radius 2 is 2.07 bits per heavy atom. The Labute approximate surface area is 166 Å². The van der Waals surface area contributed by atoms with Crippen LogP contribution in [0.15, 0.2) is 10.7 Å². The van der Waals surface area contributed by atoms with Gasteiger partial charge in [-0.15, -0.1) is 0 Å². The second-order valence-electron chi connectivity index (χ2n) is 8.85. The Morgan fingerprint density at radius 3 is 2.68 bits per heavy atom. The van der Waals surface area contributed by atoms with Crippen LogP contribution in [0.3, 0.4) is 0 Å². The quantitative estimate of drug-likeness (QED) is 0.783. The standard InChI is InChI=1S/C22H32O6/c1-7-12(2)20(24)28-19-18-13(3)11-26-17(18)10-22(25)9-8-16(27-15(5)23)14(4)21(19,22)6/h11-12,14,16,19,25H,7-10H2,1-6H3/t12-,14+,16+,19-,21+,22+/m1/s1. The molecule has 0 bridgehead atoms. The summed E-state index contributed by atoms with van der Waals surface area (Å²) < 4.78 is 17.4. The molecule has 2 aliphatic carbocycles. The summed E-state index contributed by atoms with van der Waals surface area (Å²) in [5.41, 5.74) is -0.169. The first-order valence-electron chi connectivity index (χ1n) is 10.2. The molecule has 0 aliphatic heterocycles. The maximum atomic E-state index is 12.8. The highest BCUT2D eigenvalue weighted by molar-refractivity contribution is 5.72. The van der Waals surface area contributed by atoms with Crippen LogP contribution in [-0.2, 0) is 25.5 Å². The van der Waals surface area contributed by atoms with Gasteiger partial charge in [-0.25, -0.2) is 0 Å². The second-order valence-corrected chi connectivity index (χ2v) is 8.85. The Balaban J connectivity index is 2.09. The summed E-state index contributed by atoms with van der Waals surface area (Å²) in [6.07, 6.45) is 2.72. The van der Waals surface area contributed by atoms with Crippen LogP contribution in [0.2, 0.25) is 0 Å². The van der Waals surface area contributed by atoms with Gasteiger partial charge < -0.3 is 19.0 Å². The van der Waals surface area contributed by atoms with Crippen LogP contribution in [0.25, 0.3) is 0 Å². The second kappa shape index (κ2) is 7.21. The van der Waals surface area contributed by atoms with Crippen LogP contribution in [-0.4, -0.2) is 28.8 Å². The minimum atomic E-state index is -1.11. The van der Waals surface area contributed by atoms with Crippen LogP contribution < -0.4 is 0 Å². The molecule has 1 N–H and O–H groups in total. The first kappa shape index (κ1) is 20.9. The molecular formula is C22H32O6. The SMILES string of the molecule is CC[C@@H](C)C(=O)O[C@@H]1c2c(C)coc2C[C@@]2(O)CC[C@H](OC(C)=O)[C@H](C)[C@@]12C. The zero-order valence-electron chi connectivity index (χ0n) is 17.7. The van der Waals surface area contributed by atoms with E-state index >= 15 is 0 Å². The number of aliphatic hydroxyl groups is 1. The van der Waals surface area contributed by atoms with E-state index in [-0.39, 0.29) is 29.9 Å². The Morgan fingerprint density at radius 1 is 1.39 bits per heavy atom. The van der Waals surface area contributed by atoms with Crippen molar-refractivity contribution in [3.8, 4) is 0 Å². The summed E-state index contributed by atoms with van der Waals surface area (Å²) in [6.45, 7) is 11.0. The minimum Gasteiger partial charge on any atom is -0.469 e. The third kappa shape index (κ3) is 3.06. The highest BCUT2D eigenvalue weighted by Crippen LogP contribution is 2.61. The number of aryl methyl sites for hydroxylation is 1. The monoisotopic (exact) mass is 392 g/mol. The van der Waals surface area contributed by atoms with Crippen molar-refractivity contribution in [1.82, 2.24) is 0 Å². The predicted molar refractivity (Wildman–Crippen MR) is 102 cm³/mol. The lowest BCUT2D eigenvalue weighted by Gasteiger charge is -2.59. The van der Waals surface area contributed by atoms with Gasteiger partial charge >= 0.3 is 11.9 Å². The lowest BCUT2D eigenvalue weighted by molar-refractivity contribution is -0.236. The number of hydrogen-bond acceptors (Lipinski definition) is 6. The number of furan rings is 1. The molecule has 3 rings (SSSR count). The molecule has 0 spiro atoms. The summed E-state index contributed by atoms with van der Waals surface area (Å²) >= 11 is 0. The summed E-state index contributed by atoms with van der Waals surface area (Å²) in [6, 6.07) is 0. The van der Waals surface area contributed by atoms with Crippen molar-refractivity contribution in [1.29, 1.82) is 0 Å². The molecule has 1 aromatic heterocycles. The van der Waals surface area contributed by atoms with Crippen molar-refractivity contribution >= 4 is 11.9 Å². The van der Waals surface area contributed by atoms with Crippen molar-refractivity contribution in [2.24, 2.45) is 17.3 Å². The molecule has 1 saturated carbocycles. The van der Waals surface area contributed by atoms with Crippen LogP contribution in [0.5, 0.6) is 0 Å². The van der Waals surface area contributed by atoms with Gasteiger partial charge in [-0.2, -0.15) is 0 Å². The van der Waals surface area contributed by atoms with Gasteiger partial charge in [0.15, 0.2) is 0 Å². The fourth-order valence-corrected chi connectivity index (χ4v) is 4.99. The number of ether oxygens (including phenoxy) is 2. The maximum absolute atomic E-state index is 12.8. The number of carbonyl (C=O) groups excluding carboxylic acids is 2. The van der Waals surface area contributed by atoms with Crippen molar-refractivity contribution in [2.45, 2.75) is 85.0 Å². The van der Waals surface area contributed by atoms with Gasteiger partial charge in [0.2, 0.25) is 0 Å². The lowest BCUT2D eigenvalue weighted by Crippen LogP contribution is -2.63. The van der Waals surface area contributed by atoms with Gasteiger partial charge in [0.25, 0.3) is 0 Å². The number of rotatable bonds is 4. The van der Waals surface area contributed by atoms with E-state index in [0.29, 0.717) is 31.4 Å². The molecule has 0 amide bonds. The molecule has 0 saturated heterocycles. The summed E-state index contributed by atoms with van der Waals surface area (Å²) in [7, 11) is 0. The molecule has 156 valence electrons. The first-order chi connectivity index (χ1) is 13.0. The highest BCUT2D eigenvalue weighted by Gasteiger charge is 2.65. The Hall–Kier alpha value is -1.82. The largest absolute Gasteiger partial charge is 0.469 e. The zero-order valence-corrected chi connectivity index (χ0v) is 17.7. The van der Waals surface area contributed by atoms with Gasteiger partial charge in [-0.05, 0) is 31.7 Å². The normalized spacial score (nSPS) is 35.5. The topological polar surface area (TPSA) is 86.0 Å². The molecule has 6 atom stereocenters. The zero-order chi connectivity index (χ0) is 20.9. The van der Waals surface area contributed by atoms with Gasteiger partial charge in [-0.3, -0.25) is 9.59 Å². The average Bonchev–Trinajstić information content (AvgIpc) is 2.99. The molecular weight excluding hydrogens is 360 g/mol. The molecule has 28 heavy (non-hydrogen) atoms. The molecule has 0 radical (unpaired) electrons. The van der Waals surface area contributed by atoms with E-state index in [9.17, 15) is 14.7 Å². The van der Waals surface area contributed by atoms with Crippen LogP contribution >= 0.6 is 0 Å². The molecule has 1 aromatic rings. The van der Waals surface area contributed by atoms with E-state index < -0.39 is 17.1 Å². The molecule has 1 fully saturated rings. The molecule has 1 heterocycles. The molecule has 0 unspecified atom stereocenters. The fourth-order valence-electron chi connectivity index (χ4n) is 4.99. The number of esters is 2. The molecule has 0 aromatic carbocycles. The van der Waals surface area contributed by atoms with E-state index in [1.54, 1.807) is 6.26 Å². The maximum Gasteiger partial charge on any atom is 0.309 e. The van der Waals surface area contributed by atoms with E-state index in [0.717, 1.165) is 11.1 Å². The van der Waals surface area contributed by atoms with E-state index in [2.05, 4.69) is 0 Å². The Kier molecular flexibility index (Phi) is 5.38. The summed E-state index contributed by atoms with van der Waals surface area (Å²) in [5.74, 6) is -0.385. The van der Waals surface area contributed by atoms with E-state index in [1.165, 1.54) is 6.92 Å². The smallest absolute Gasteiger partial charge is 0.309 e. The van der Waals surface area contributed by atoms with Gasteiger partial charge in [0.05, 0.1) is 17.8 Å². The summed E-state index contributed by atoms with van der Waals surface area (Å²) in [4.78, 5) is 24.4. The summed E-state index contributed by atoms with van der Waals surface area (Å²) in [5, 5.41) is 11.7. The van der Waals surface area contributed by atoms with Gasteiger partial charge in [-0.1, -0.05) is 27.7 Å². The Bertz CT molecular complexity index is 767. The van der Waals surface area contributed by atoms with Crippen molar-refractivity contribution in [3.63, 3.8) is 0 Å². The fraction of sp³-hybridized carbons (Fsp3) is 0.727. The first-order valence-corrected chi connectivity index (χ1v) is 10.2. The average molecular weight is 392 g/mol. The lowest BCUT2D eigenvalue weighted by atomic mass is 9.51. The minimum absolute atomic E-state index is 0.202. The predicted octanol–water partition coefficient (Wildman–Crippen LogP) is 3.87. The third-order valence-corrected chi connectivity index (χ3v) is 7.28. The third-order valence-electron chi connectivity index (χ3n) is 7.28. The van der Waals surface area contributed by atoms with Crippen LogP contribution in [0.1, 0.15) is 76.9 Å². The van der Waals surface area contributed by atoms with Gasteiger partial charge in [0.1, 0.15) is 18.0 Å².